The number of carbonyl (C=O) groups is 1. The smallest absolute Gasteiger partial charge is 0.338 e. The summed E-state index contributed by atoms with van der Waals surface area (Å²) in [6.45, 7) is 1.79. The van der Waals surface area contributed by atoms with Crippen molar-refractivity contribution >= 4 is 23.4 Å². The van der Waals surface area contributed by atoms with Crippen molar-refractivity contribution in [2.24, 2.45) is 0 Å². The fourth-order valence-electron chi connectivity index (χ4n) is 1.71. The molecule has 0 aromatic heterocycles. The van der Waals surface area contributed by atoms with Gasteiger partial charge in [0.05, 0.1) is 15.4 Å². The molecule has 7 heteroatoms. The Bertz CT molecular complexity index is 733. The van der Waals surface area contributed by atoms with Crippen LogP contribution in [-0.4, -0.2) is 16.0 Å². The molecule has 0 radical (unpaired) electrons. The van der Waals surface area contributed by atoms with E-state index in [9.17, 15) is 19.3 Å². The number of rotatable bonds is 4. The first-order valence-corrected chi connectivity index (χ1v) is 6.66. The molecular weight excluding hydrogens is 297 g/mol. The third-order valence-corrected chi connectivity index (χ3v) is 3.74. The van der Waals surface area contributed by atoms with Crippen LogP contribution < -0.4 is 0 Å². The number of aromatic carboxylic acids is 1. The molecule has 0 amide bonds. The zero-order chi connectivity index (χ0) is 15.6. The highest BCUT2D eigenvalue weighted by Crippen LogP contribution is 2.36. The first kappa shape index (κ1) is 15.0. The molecule has 0 unspecified atom stereocenters. The van der Waals surface area contributed by atoms with E-state index in [0.29, 0.717) is 9.79 Å². The Morgan fingerprint density at radius 1 is 1.29 bits per heavy atom. The summed E-state index contributed by atoms with van der Waals surface area (Å²) in [7, 11) is 0. The number of halogens is 1. The number of hydrogen-bond donors (Lipinski definition) is 1. The molecule has 0 spiro atoms. The van der Waals surface area contributed by atoms with Gasteiger partial charge in [-0.25, -0.2) is 9.18 Å². The average Bonchev–Trinajstić information content (AvgIpc) is 2.40. The molecule has 0 aliphatic carbocycles. The maximum Gasteiger partial charge on any atom is 0.338 e. The van der Waals surface area contributed by atoms with E-state index in [2.05, 4.69) is 0 Å². The van der Waals surface area contributed by atoms with E-state index in [1.165, 1.54) is 12.1 Å². The Kier molecular flexibility index (Phi) is 4.23. The van der Waals surface area contributed by atoms with Gasteiger partial charge >= 0.3 is 5.97 Å². The van der Waals surface area contributed by atoms with Crippen LogP contribution in [0.25, 0.3) is 0 Å². The number of nitro benzene ring substituents is 1. The second-order valence-electron chi connectivity index (χ2n) is 4.28. The topological polar surface area (TPSA) is 80.4 Å². The first-order valence-electron chi connectivity index (χ1n) is 5.84. The summed E-state index contributed by atoms with van der Waals surface area (Å²) in [5.74, 6) is -2.22. The standard InChI is InChI=1S/C14H10FNO4S/c1-8-2-5-12(16(19)20)13(6-8)21-9-3-4-11(15)10(7-9)14(17)18/h2-7H,1H3,(H,17,18). The molecule has 2 rings (SSSR count). The van der Waals surface area contributed by atoms with E-state index in [-0.39, 0.29) is 5.69 Å². The zero-order valence-corrected chi connectivity index (χ0v) is 11.7. The summed E-state index contributed by atoms with van der Waals surface area (Å²) >= 11 is 1.03. The van der Waals surface area contributed by atoms with E-state index in [0.717, 1.165) is 29.5 Å². The molecular formula is C14H10FNO4S. The van der Waals surface area contributed by atoms with Gasteiger partial charge in [0.1, 0.15) is 5.82 Å². The van der Waals surface area contributed by atoms with Crippen molar-refractivity contribution in [1.29, 1.82) is 0 Å². The largest absolute Gasteiger partial charge is 0.478 e. The molecule has 0 bridgehead atoms. The van der Waals surface area contributed by atoms with E-state index >= 15 is 0 Å². The lowest BCUT2D eigenvalue weighted by Gasteiger charge is -2.06. The molecule has 21 heavy (non-hydrogen) atoms. The van der Waals surface area contributed by atoms with Gasteiger partial charge < -0.3 is 5.11 Å². The SMILES string of the molecule is Cc1ccc([N+](=O)[O-])c(Sc2ccc(F)c(C(=O)O)c2)c1. The number of benzene rings is 2. The van der Waals surface area contributed by atoms with Crippen LogP contribution in [0.15, 0.2) is 46.2 Å². The van der Waals surface area contributed by atoms with Gasteiger partial charge in [-0.05, 0) is 36.8 Å². The minimum Gasteiger partial charge on any atom is -0.478 e. The third kappa shape index (κ3) is 3.38. The molecule has 5 nitrogen and oxygen atoms in total. The van der Waals surface area contributed by atoms with Gasteiger partial charge in [-0.3, -0.25) is 10.1 Å². The van der Waals surface area contributed by atoms with Crippen LogP contribution in [0.2, 0.25) is 0 Å². The zero-order valence-electron chi connectivity index (χ0n) is 10.9. The summed E-state index contributed by atoms with van der Waals surface area (Å²) in [5.41, 5.74) is 0.297. The lowest BCUT2D eigenvalue weighted by atomic mass is 10.2. The van der Waals surface area contributed by atoms with Crippen LogP contribution in [0.5, 0.6) is 0 Å². The molecule has 0 atom stereocenters. The number of nitro groups is 1. The summed E-state index contributed by atoms with van der Waals surface area (Å²) < 4.78 is 13.3. The summed E-state index contributed by atoms with van der Waals surface area (Å²) in [4.78, 5) is 22.2. The quantitative estimate of drug-likeness (QED) is 0.684. The highest BCUT2D eigenvalue weighted by atomic mass is 32.2. The monoisotopic (exact) mass is 307 g/mol. The number of hydrogen-bond acceptors (Lipinski definition) is 4. The van der Waals surface area contributed by atoms with E-state index < -0.39 is 22.3 Å². The second-order valence-corrected chi connectivity index (χ2v) is 5.39. The highest BCUT2D eigenvalue weighted by molar-refractivity contribution is 7.99. The molecule has 0 fully saturated rings. The van der Waals surface area contributed by atoms with Gasteiger partial charge in [0.15, 0.2) is 0 Å². The normalized spacial score (nSPS) is 10.4. The van der Waals surface area contributed by atoms with Crippen molar-refractivity contribution in [2.75, 3.05) is 0 Å². The Hall–Kier alpha value is -2.41. The molecule has 0 aliphatic heterocycles. The summed E-state index contributed by atoms with van der Waals surface area (Å²) in [6.07, 6.45) is 0. The highest BCUT2D eigenvalue weighted by Gasteiger charge is 2.17. The predicted octanol–water partition coefficient (Wildman–Crippen LogP) is 3.89. The van der Waals surface area contributed by atoms with Crippen molar-refractivity contribution in [3.05, 3.63) is 63.5 Å². The van der Waals surface area contributed by atoms with Crippen LogP contribution in [-0.2, 0) is 0 Å². The molecule has 0 heterocycles. The van der Waals surface area contributed by atoms with Crippen LogP contribution in [0, 0.1) is 22.9 Å². The van der Waals surface area contributed by atoms with Crippen molar-refractivity contribution in [3.63, 3.8) is 0 Å². The van der Waals surface area contributed by atoms with Gasteiger partial charge in [0, 0.05) is 11.0 Å². The van der Waals surface area contributed by atoms with Gasteiger partial charge in [-0.2, -0.15) is 0 Å². The molecule has 0 aliphatic rings. The molecule has 2 aromatic carbocycles. The van der Waals surface area contributed by atoms with E-state index in [4.69, 9.17) is 5.11 Å². The Labute approximate surface area is 123 Å². The first-order chi connectivity index (χ1) is 9.88. The average molecular weight is 307 g/mol. The van der Waals surface area contributed by atoms with Gasteiger partial charge in [-0.15, -0.1) is 0 Å². The van der Waals surface area contributed by atoms with Crippen molar-refractivity contribution in [2.45, 2.75) is 16.7 Å². The molecule has 2 aromatic rings. The number of carboxylic acids is 1. The van der Waals surface area contributed by atoms with Crippen molar-refractivity contribution < 1.29 is 19.2 Å². The fraction of sp³-hybridized carbons (Fsp3) is 0.0714. The molecule has 108 valence electrons. The van der Waals surface area contributed by atoms with Crippen molar-refractivity contribution in [1.82, 2.24) is 0 Å². The predicted molar refractivity (Wildman–Crippen MR) is 75.3 cm³/mol. The van der Waals surface area contributed by atoms with Crippen LogP contribution >= 0.6 is 11.8 Å². The van der Waals surface area contributed by atoms with E-state index in [1.807, 2.05) is 0 Å². The van der Waals surface area contributed by atoms with Crippen molar-refractivity contribution in [3.8, 4) is 0 Å². The number of carboxylic acid groups (broad SMARTS) is 1. The maximum absolute atomic E-state index is 13.3. The van der Waals surface area contributed by atoms with Gasteiger partial charge in [0.25, 0.3) is 5.69 Å². The second kappa shape index (κ2) is 5.92. The lowest BCUT2D eigenvalue weighted by Crippen LogP contribution is -2.00. The van der Waals surface area contributed by atoms with E-state index in [1.54, 1.807) is 19.1 Å². The Morgan fingerprint density at radius 2 is 2.00 bits per heavy atom. The maximum atomic E-state index is 13.3. The number of nitrogens with zero attached hydrogens (tertiary/aromatic N) is 1. The van der Waals surface area contributed by atoms with Crippen LogP contribution in [0.1, 0.15) is 15.9 Å². The molecule has 0 saturated heterocycles. The third-order valence-electron chi connectivity index (χ3n) is 2.71. The fourth-order valence-corrected chi connectivity index (χ4v) is 2.77. The molecule has 1 N–H and O–H groups in total. The minimum absolute atomic E-state index is 0.0770. The van der Waals surface area contributed by atoms with Gasteiger partial charge in [-0.1, -0.05) is 17.8 Å². The lowest BCUT2D eigenvalue weighted by molar-refractivity contribution is -0.387. The molecule has 0 saturated carbocycles. The van der Waals surface area contributed by atoms with Gasteiger partial charge in [0.2, 0.25) is 0 Å². The number of aryl methyl sites for hydroxylation is 1. The minimum atomic E-state index is -1.38. The summed E-state index contributed by atoms with van der Waals surface area (Å²) in [5, 5.41) is 19.9. The summed E-state index contributed by atoms with van der Waals surface area (Å²) in [6, 6.07) is 8.22. The Balaban J connectivity index is 2.43. The van der Waals surface area contributed by atoms with Crippen LogP contribution in [0.4, 0.5) is 10.1 Å². The Morgan fingerprint density at radius 3 is 2.62 bits per heavy atom. The van der Waals surface area contributed by atoms with Crippen LogP contribution in [0.3, 0.4) is 0 Å².